The quantitative estimate of drug-likeness (QED) is 0.732. The van der Waals surface area contributed by atoms with Gasteiger partial charge in [0.05, 0.1) is 12.0 Å². The van der Waals surface area contributed by atoms with E-state index in [0.717, 1.165) is 0 Å². The first-order chi connectivity index (χ1) is 9.08. The van der Waals surface area contributed by atoms with Crippen LogP contribution in [0.2, 0.25) is 0 Å². The van der Waals surface area contributed by atoms with Crippen LogP contribution < -0.4 is 5.32 Å². The standard InChI is InChI=1S/C11H17N5O3/c1-7(9-12-6-13-15-9)14-11(19)16-4-2-3-8(5-16)10(17)18/h6-8H,2-5H2,1H3,(H,14,19)(H,17,18)(H,12,13,15)/t7?,8-/m1/s1. The number of carboxylic acid groups (broad SMARTS) is 1. The summed E-state index contributed by atoms with van der Waals surface area (Å²) in [5, 5.41) is 18.2. The largest absolute Gasteiger partial charge is 0.481 e. The normalized spacial score (nSPS) is 20.9. The van der Waals surface area contributed by atoms with Gasteiger partial charge in [-0.1, -0.05) is 0 Å². The number of hydrogen-bond donors (Lipinski definition) is 3. The monoisotopic (exact) mass is 267 g/mol. The summed E-state index contributed by atoms with van der Waals surface area (Å²) < 4.78 is 0. The van der Waals surface area contributed by atoms with Gasteiger partial charge in [0.25, 0.3) is 0 Å². The van der Waals surface area contributed by atoms with Gasteiger partial charge < -0.3 is 15.3 Å². The lowest BCUT2D eigenvalue weighted by molar-refractivity contribution is -0.143. The number of carbonyl (C=O) groups excluding carboxylic acids is 1. The highest BCUT2D eigenvalue weighted by atomic mass is 16.4. The first kappa shape index (κ1) is 13.3. The molecule has 2 rings (SSSR count). The summed E-state index contributed by atoms with van der Waals surface area (Å²) in [6.45, 7) is 2.63. The first-order valence-electron chi connectivity index (χ1n) is 6.21. The summed E-state index contributed by atoms with van der Waals surface area (Å²) in [6.07, 6.45) is 2.71. The molecule has 8 heteroatoms. The maximum absolute atomic E-state index is 12.0. The maximum atomic E-state index is 12.0. The van der Waals surface area contributed by atoms with E-state index in [9.17, 15) is 9.59 Å². The Labute approximate surface area is 110 Å². The Kier molecular flexibility index (Phi) is 3.98. The van der Waals surface area contributed by atoms with Gasteiger partial charge in [0.1, 0.15) is 12.2 Å². The Bertz CT molecular complexity index is 447. The van der Waals surface area contributed by atoms with Crippen molar-refractivity contribution in [3.05, 3.63) is 12.2 Å². The van der Waals surface area contributed by atoms with Crippen molar-refractivity contribution in [2.45, 2.75) is 25.8 Å². The highest BCUT2D eigenvalue weighted by Gasteiger charge is 2.28. The van der Waals surface area contributed by atoms with E-state index in [4.69, 9.17) is 5.11 Å². The van der Waals surface area contributed by atoms with Crippen LogP contribution in [0.1, 0.15) is 31.6 Å². The third kappa shape index (κ3) is 3.21. The summed E-state index contributed by atoms with van der Waals surface area (Å²) in [7, 11) is 0. The minimum atomic E-state index is -0.846. The molecule has 2 atom stereocenters. The Morgan fingerprint density at radius 3 is 3.05 bits per heavy atom. The SMILES string of the molecule is CC(NC(=O)N1CCC[C@@H](C(=O)O)C1)c1ncn[nH]1. The summed E-state index contributed by atoms with van der Waals surface area (Å²) in [6, 6.07) is -0.560. The van der Waals surface area contributed by atoms with E-state index in [1.807, 2.05) is 0 Å². The molecule has 0 saturated carbocycles. The lowest BCUT2D eigenvalue weighted by atomic mass is 9.99. The van der Waals surface area contributed by atoms with Crippen LogP contribution in [0.3, 0.4) is 0 Å². The van der Waals surface area contributed by atoms with Gasteiger partial charge in [-0.15, -0.1) is 0 Å². The summed E-state index contributed by atoms with van der Waals surface area (Å²) in [5.74, 6) is -0.749. The number of carboxylic acids is 1. The number of carbonyl (C=O) groups is 2. The zero-order chi connectivity index (χ0) is 13.8. The Hall–Kier alpha value is -2.12. The molecular formula is C11H17N5O3. The predicted molar refractivity (Wildman–Crippen MR) is 65.3 cm³/mol. The zero-order valence-electron chi connectivity index (χ0n) is 10.7. The van der Waals surface area contributed by atoms with E-state index in [1.54, 1.807) is 6.92 Å². The zero-order valence-corrected chi connectivity index (χ0v) is 10.7. The van der Waals surface area contributed by atoms with Crippen molar-refractivity contribution in [2.75, 3.05) is 13.1 Å². The third-order valence-corrected chi connectivity index (χ3v) is 3.24. The van der Waals surface area contributed by atoms with Gasteiger partial charge in [-0.2, -0.15) is 5.10 Å². The maximum Gasteiger partial charge on any atom is 0.318 e. The molecule has 1 saturated heterocycles. The number of rotatable bonds is 3. The third-order valence-electron chi connectivity index (χ3n) is 3.24. The predicted octanol–water partition coefficient (Wildman–Crippen LogP) is 0.372. The van der Waals surface area contributed by atoms with Crippen molar-refractivity contribution in [1.82, 2.24) is 25.4 Å². The van der Waals surface area contributed by atoms with Crippen molar-refractivity contribution in [3.8, 4) is 0 Å². The molecule has 0 radical (unpaired) electrons. The van der Waals surface area contributed by atoms with Crippen molar-refractivity contribution in [1.29, 1.82) is 0 Å². The van der Waals surface area contributed by atoms with Gasteiger partial charge in [0, 0.05) is 13.1 Å². The number of urea groups is 1. The summed E-state index contributed by atoms with van der Waals surface area (Å²) >= 11 is 0. The fourth-order valence-electron chi connectivity index (χ4n) is 2.13. The number of aromatic amines is 1. The molecule has 104 valence electrons. The highest BCUT2D eigenvalue weighted by molar-refractivity contribution is 5.76. The molecule has 0 aromatic carbocycles. The minimum absolute atomic E-state index is 0.254. The second-order valence-corrected chi connectivity index (χ2v) is 4.67. The van der Waals surface area contributed by atoms with Crippen LogP contribution in [0.25, 0.3) is 0 Å². The van der Waals surface area contributed by atoms with Gasteiger partial charge >= 0.3 is 12.0 Å². The van der Waals surface area contributed by atoms with Crippen LogP contribution >= 0.6 is 0 Å². The Balaban J connectivity index is 1.91. The number of piperidine rings is 1. The first-order valence-corrected chi connectivity index (χ1v) is 6.21. The minimum Gasteiger partial charge on any atom is -0.481 e. The molecule has 1 fully saturated rings. The van der Waals surface area contributed by atoms with Gasteiger partial charge in [-0.05, 0) is 19.8 Å². The lowest BCUT2D eigenvalue weighted by Gasteiger charge is -2.31. The second kappa shape index (κ2) is 5.68. The fraction of sp³-hybridized carbons (Fsp3) is 0.636. The van der Waals surface area contributed by atoms with Crippen LogP contribution in [0.5, 0.6) is 0 Å². The summed E-state index contributed by atoms with van der Waals surface area (Å²) in [4.78, 5) is 28.5. The number of nitrogens with one attached hydrogen (secondary N) is 2. The molecule has 1 aliphatic rings. The molecule has 8 nitrogen and oxygen atoms in total. The van der Waals surface area contributed by atoms with Crippen molar-refractivity contribution in [2.24, 2.45) is 5.92 Å². The van der Waals surface area contributed by atoms with Crippen LogP contribution in [-0.4, -0.2) is 50.3 Å². The van der Waals surface area contributed by atoms with Crippen LogP contribution in [0, 0.1) is 5.92 Å². The number of aromatic nitrogens is 3. The molecule has 0 spiro atoms. The molecule has 1 aromatic heterocycles. The fourth-order valence-corrected chi connectivity index (χ4v) is 2.13. The lowest BCUT2D eigenvalue weighted by Crippen LogP contribution is -2.47. The van der Waals surface area contributed by atoms with Gasteiger partial charge in [0.2, 0.25) is 0 Å². The molecule has 2 heterocycles. The average Bonchev–Trinajstić information content (AvgIpc) is 2.92. The number of H-pyrrole nitrogens is 1. The van der Waals surface area contributed by atoms with E-state index < -0.39 is 11.9 Å². The number of aliphatic carboxylic acids is 1. The van der Waals surface area contributed by atoms with E-state index in [2.05, 4.69) is 20.5 Å². The molecule has 2 amide bonds. The molecule has 1 aliphatic heterocycles. The van der Waals surface area contributed by atoms with Gasteiger partial charge in [-0.25, -0.2) is 9.78 Å². The smallest absolute Gasteiger partial charge is 0.318 e. The van der Waals surface area contributed by atoms with Crippen LogP contribution in [-0.2, 0) is 4.79 Å². The molecular weight excluding hydrogens is 250 g/mol. The molecule has 19 heavy (non-hydrogen) atoms. The topological polar surface area (TPSA) is 111 Å². The van der Waals surface area contributed by atoms with E-state index in [0.29, 0.717) is 25.2 Å². The number of likely N-dealkylation sites (tertiary alicyclic amines) is 1. The Morgan fingerprint density at radius 2 is 2.42 bits per heavy atom. The Morgan fingerprint density at radius 1 is 1.63 bits per heavy atom. The van der Waals surface area contributed by atoms with Crippen molar-refractivity contribution >= 4 is 12.0 Å². The molecule has 0 aliphatic carbocycles. The molecule has 1 unspecified atom stereocenters. The second-order valence-electron chi connectivity index (χ2n) is 4.67. The van der Waals surface area contributed by atoms with Crippen molar-refractivity contribution < 1.29 is 14.7 Å². The number of amides is 2. The highest BCUT2D eigenvalue weighted by Crippen LogP contribution is 2.17. The molecule has 3 N–H and O–H groups in total. The number of nitrogens with zero attached hydrogens (tertiary/aromatic N) is 3. The number of hydrogen-bond acceptors (Lipinski definition) is 4. The molecule has 0 bridgehead atoms. The van der Waals surface area contributed by atoms with Crippen LogP contribution in [0.15, 0.2) is 6.33 Å². The van der Waals surface area contributed by atoms with Gasteiger partial charge in [0.15, 0.2) is 0 Å². The van der Waals surface area contributed by atoms with Gasteiger partial charge in [-0.3, -0.25) is 9.89 Å². The average molecular weight is 267 g/mol. The van der Waals surface area contributed by atoms with Crippen molar-refractivity contribution in [3.63, 3.8) is 0 Å². The van der Waals surface area contributed by atoms with E-state index in [-0.39, 0.29) is 18.6 Å². The van der Waals surface area contributed by atoms with Crippen LogP contribution in [0.4, 0.5) is 4.79 Å². The molecule has 1 aromatic rings. The van der Waals surface area contributed by atoms with E-state index >= 15 is 0 Å². The summed E-state index contributed by atoms with van der Waals surface area (Å²) in [5.41, 5.74) is 0. The van der Waals surface area contributed by atoms with E-state index in [1.165, 1.54) is 11.2 Å².